The highest BCUT2D eigenvalue weighted by Crippen LogP contribution is 2.37. The average Bonchev–Trinajstić information content (AvgIpc) is 2.37. The molecule has 1 aromatic rings. The van der Waals surface area contributed by atoms with Crippen molar-refractivity contribution in [1.29, 1.82) is 5.26 Å². The van der Waals surface area contributed by atoms with Crippen LogP contribution in [0.1, 0.15) is 30.5 Å². The summed E-state index contributed by atoms with van der Waals surface area (Å²) in [5, 5.41) is 8.92. The maximum Gasteiger partial charge on any atom is 0.0994 e. The molecule has 0 fully saturated rings. The van der Waals surface area contributed by atoms with Gasteiger partial charge in [-0.25, -0.2) is 0 Å². The second kappa shape index (κ2) is 2.60. The van der Waals surface area contributed by atoms with Crippen LogP contribution in [0.3, 0.4) is 0 Å². The molecule has 1 nitrogen and oxygen atoms in total. The number of benzene rings is 1. The molecule has 0 spiro atoms. The van der Waals surface area contributed by atoms with Crippen molar-refractivity contribution < 1.29 is 0 Å². The zero-order valence-electron chi connectivity index (χ0n) is 8.09. The Labute approximate surface area is 79.0 Å². The van der Waals surface area contributed by atoms with E-state index in [4.69, 9.17) is 5.26 Å². The molecule has 66 valence electrons. The fourth-order valence-corrected chi connectivity index (χ4v) is 2.17. The van der Waals surface area contributed by atoms with E-state index in [0.717, 1.165) is 18.4 Å². The number of nitrogens with zero attached hydrogens (tertiary/aromatic N) is 1. The minimum absolute atomic E-state index is 0.343. The predicted octanol–water partition coefficient (Wildman–Crippen LogP) is 2.68. The van der Waals surface area contributed by atoms with Crippen LogP contribution >= 0.6 is 0 Å². The van der Waals surface area contributed by atoms with Crippen LogP contribution in [0.2, 0.25) is 0 Å². The summed E-state index contributed by atoms with van der Waals surface area (Å²) in [6.07, 6.45) is 2.16. The van der Waals surface area contributed by atoms with E-state index in [-0.39, 0.29) is 0 Å². The van der Waals surface area contributed by atoms with Gasteiger partial charge in [0.2, 0.25) is 0 Å². The first-order valence-corrected chi connectivity index (χ1v) is 4.63. The summed E-state index contributed by atoms with van der Waals surface area (Å²) >= 11 is 0. The summed E-state index contributed by atoms with van der Waals surface area (Å²) in [6.45, 7) is 4.52. The lowest BCUT2D eigenvalue weighted by Gasteiger charge is -2.14. The van der Waals surface area contributed by atoms with Gasteiger partial charge in [-0.3, -0.25) is 0 Å². The van der Waals surface area contributed by atoms with Gasteiger partial charge in [0.15, 0.2) is 0 Å². The molecule has 0 radical (unpaired) electrons. The molecule has 1 heteroatoms. The average molecular weight is 171 g/mol. The van der Waals surface area contributed by atoms with E-state index in [9.17, 15) is 0 Å². The Morgan fingerprint density at radius 2 is 2.08 bits per heavy atom. The van der Waals surface area contributed by atoms with Gasteiger partial charge in [-0.15, -0.1) is 0 Å². The summed E-state index contributed by atoms with van der Waals surface area (Å²) < 4.78 is 0. The van der Waals surface area contributed by atoms with E-state index in [1.807, 2.05) is 12.1 Å². The molecule has 1 aliphatic carbocycles. The van der Waals surface area contributed by atoms with Gasteiger partial charge in [0.1, 0.15) is 0 Å². The SMILES string of the molecule is CC1(C)Cc2cccc(C#N)c2C1. The zero-order chi connectivity index (χ0) is 9.47. The Balaban J connectivity index is 2.53. The first-order chi connectivity index (χ1) is 6.12. The van der Waals surface area contributed by atoms with Crippen LogP contribution in [0.25, 0.3) is 0 Å². The maximum atomic E-state index is 8.92. The van der Waals surface area contributed by atoms with Gasteiger partial charge in [0.25, 0.3) is 0 Å². The van der Waals surface area contributed by atoms with E-state index in [0.29, 0.717) is 5.41 Å². The fourth-order valence-electron chi connectivity index (χ4n) is 2.17. The van der Waals surface area contributed by atoms with Gasteiger partial charge in [-0.05, 0) is 35.4 Å². The Morgan fingerprint density at radius 1 is 1.31 bits per heavy atom. The lowest BCUT2D eigenvalue weighted by Crippen LogP contribution is -2.09. The van der Waals surface area contributed by atoms with Crippen LogP contribution in [0, 0.1) is 16.7 Å². The predicted molar refractivity (Wildman–Crippen MR) is 52.3 cm³/mol. The molecule has 1 aromatic carbocycles. The molecule has 0 saturated carbocycles. The van der Waals surface area contributed by atoms with Crippen molar-refractivity contribution in [3.05, 3.63) is 34.9 Å². The monoisotopic (exact) mass is 171 g/mol. The maximum absolute atomic E-state index is 8.92. The third-order valence-corrected chi connectivity index (χ3v) is 2.72. The van der Waals surface area contributed by atoms with Crippen LogP contribution in [0.15, 0.2) is 18.2 Å². The Kier molecular flexibility index (Phi) is 1.66. The summed E-state index contributed by atoms with van der Waals surface area (Å²) in [5.41, 5.74) is 3.84. The highest BCUT2D eigenvalue weighted by molar-refractivity contribution is 5.46. The second-order valence-corrected chi connectivity index (χ2v) is 4.57. The van der Waals surface area contributed by atoms with E-state index in [1.54, 1.807) is 0 Å². The Hall–Kier alpha value is -1.29. The van der Waals surface area contributed by atoms with Crippen LogP contribution in [0.4, 0.5) is 0 Å². The molecule has 0 atom stereocenters. The van der Waals surface area contributed by atoms with Crippen molar-refractivity contribution in [1.82, 2.24) is 0 Å². The first-order valence-electron chi connectivity index (χ1n) is 4.63. The molecule has 13 heavy (non-hydrogen) atoms. The van der Waals surface area contributed by atoms with E-state index < -0.39 is 0 Å². The lowest BCUT2D eigenvalue weighted by atomic mass is 9.90. The standard InChI is InChI=1S/C12H13N/c1-12(2)6-9-4-3-5-10(8-13)11(9)7-12/h3-5H,6-7H2,1-2H3. The van der Waals surface area contributed by atoms with Crippen LogP contribution in [-0.2, 0) is 12.8 Å². The molecule has 0 aliphatic heterocycles. The Morgan fingerprint density at radius 3 is 2.77 bits per heavy atom. The number of fused-ring (bicyclic) bond motifs is 1. The molecule has 2 rings (SSSR count). The molecular formula is C12H13N. The molecule has 0 amide bonds. The quantitative estimate of drug-likeness (QED) is 0.588. The van der Waals surface area contributed by atoms with Crippen molar-refractivity contribution in [2.45, 2.75) is 26.7 Å². The topological polar surface area (TPSA) is 23.8 Å². The summed E-state index contributed by atoms with van der Waals surface area (Å²) in [4.78, 5) is 0. The second-order valence-electron chi connectivity index (χ2n) is 4.57. The van der Waals surface area contributed by atoms with Gasteiger partial charge in [0.05, 0.1) is 11.6 Å². The number of hydrogen-bond acceptors (Lipinski definition) is 1. The zero-order valence-corrected chi connectivity index (χ0v) is 8.09. The van der Waals surface area contributed by atoms with E-state index in [1.165, 1.54) is 11.1 Å². The van der Waals surface area contributed by atoms with Crippen molar-refractivity contribution >= 4 is 0 Å². The number of rotatable bonds is 0. The van der Waals surface area contributed by atoms with Crippen molar-refractivity contribution in [2.75, 3.05) is 0 Å². The minimum Gasteiger partial charge on any atom is -0.192 e. The third kappa shape index (κ3) is 1.33. The van der Waals surface area contributed by atoms with Crippen LogP contribution < -0.4 is 0 Å². The number of nitriles is 1. The summed E-state index contributed by atoms with van der Waals surface area (Å²) in [6, 6.07) is 8.31. The normalized spacial score (nSPS) is 17.9. The van der Waals surface area contributed by atoms with Gasteiger partial charge >= 0.3 is 0 Å². The number of hydrogen-bond donors (Lipinski definition) is 0. The van der Waals surface area contributed by atoms with Gasteiger partial charge < -0.3 is 0 Å². The summed E-state index contributed by atoms with van der Waals surface area (Å²) in [7, 11) is 0. The molecule has 0 bridgehead atoms. The third-order valence-electron chi connectivity index (χ3n) is 2.72. The molecule has 0 N–H and O–H groups in total. The van der Waals surface area contributed by atoms with E-state index >= 15 is 0 Å². The minimum atomic E-state index is 0.343. The molecule has 0 heterocycles. The van der Waals surface area contributed by atoms with E-state index in [2.05, 4.69) is 26.0 Å². The van der Waals surface area contributed by atoms with Gasteiger partial charge in [-0.1, -0.05) is 26.0 Å². The molecule has 0 unspecified atom stereocenters. The first kappa shape index (κ1) is 8.31. The van der Waals surface area contributed by atoms with Crippen molar-refractivity contribution in [3.63, 3.8) is 0 Å². The highest BCUT2D eigenvalue weighted by Gasteiger charge is 2.29. The smallest absolute Gasteiger partial charge is 0.0994 e. The summed E-state index contributed by atoms with van der Waals surface area (Å²) in [5.74, 6) is 0. The van der Waals surface area contributed by atoms with Crippen molar-refractivity contribution in [3.8, 4) is 6.07 Å². The lowest BCUT2D eigenvalue weighted by molar-refractivity contribution is 0.392. The van der Waals surface area contributed by atoms with Gasteiger partial charge in [0, 0.05) is 0 Å². The highest BCUT2D eigenvalue weighted by atomic mass is 14.3. The Bertz CT molecular complexity index is 383. The van der Waals surface area contributed by atoms with Gasteiger partial charge in [-0.2, -0.15) is 5.26 Å². The molecule has 1 aliphatic rings. The largest absolute Gasteiger partial charge is 0.192 e. The molecular weight excluding hydrogens is 158 g/mol. The van der Waals surface area contributed by atoms with Crippen molar-refractivity contribution in [2.24, 2.45) is 5.41 Å². The molecule has 0 saturated heterocycles. The van der Waals surface area contributed by atoms with Crippen LogP contribution in [-0.4, -0.2) is 0 Å². The fraction of sp³-hybridized carbons (Fsp3) is 0.417. The molecule has 0 aromatic heterocycles. The van der Waals surface area contributed by atoms with Crippen LogP contribution in [0.5, 0.6) is 0 Å².